The number of piperidine rings is 1. The molecule has 0 bridgehead atoms. The van der Waals surface area contributed by atoms with Crippen LogP contribution in [0.3, 0.4) is 0 Å². The molecule has 4 rings (SSSR count). The second kappa shape index (κ2) is 10.5. The molecule has 5 nitrogen and oxygen atoms in total. The number of halogens is 1. The zero-order chi connectivity index (χ0) is 24.2. The van der Waals surface area contributed by atoms with Gasteiger partial charge in [-0.3, -0.25) is 14.5 Å². The van der Waals surface area contributed by atoms with Gasteiger partial charge in [0.15, 0.2) is 0 Å². The van der Waals surface area contributed by atoms with E-state index in [0.717, 1.165) is 54.5 Å². The molecule has 1 aromatic heterocycles. The van der Waals surface area contributed by atoms with Crippen LogP contribution >= 0.6 is 0 Å². The topological polar surface area (TPSA) is 45.6 Å². The van der Waals surface area contributed by atoms with E-state index in [-0.39, 0.29) is 23.2 Å². The highest BCUT2D eigenvalue weighted by Crippen LogP contribution is 2.22. The number of amides is 1. The van der Waals surface area contributed by atoms with E-state index in [1.807, 2.05) is 49.9 Å². The first-order chi connectivity index (χ1) is 16.4. The molecular formula is C28H34FN3O2. The molecule has 0 aliphatic carbocycles. The lowest BCUT2D eigenvalue weighted by atomic mass is 9.96. The Bertz CT molecular complexity index is 1230. The van der Waals surface area contributed by atoms with Gasteiger partial charge in [-0.05, 0) is 81.4 Å². The van der Waals surface area contributed by atoms with Gasteiger partial charge in [0.25, 0.3) is 5.56 Å². The normalized spacial score (nSPS) is 16.6. The summed E-state index contributed by atoms with van der Waals surface area (Å²) in [6.07, 6.45) is 1.84. The highest BCUT2D eigenvalue weighted by molar-refractivity contribution is 5.81. The van der Waals surface area contributed by atoms with Crippen LogP contribution in [0, 0.1) is 18.7 Å². The highest BCUT2D eigenvalue weighted by atomic mass is 19.1. The standard InChI is InChI=1S/C28H34FN3O2/c1-4-31(5-2)27(33)22-9-7-13-30(18-22)19-24-16-23-14-20(3)11-12-26(23)32(28(24)34)17-21-8-6-10-25(29)15-21/h6,8,10-12,14-16,22H,4-5,7,9,13,17-19H2,1-3H3/t22-/m1/s1. The lowest BCUT2D eigenvalue weighted by Gasteiger charge is -2.34. The van der Waals surface area contributed by atoms with Crippen LogP contribution in [0.25, 0.3) is 10.9 Å². The quantitative estimate of drug-likeness (QED) is 0.515. The van der Waals surface area contributed by atoms with Gasteiger partial charge in [0, 0.05) is 31.7 Å². The van der Waals surface area contributed by atoms with Gasteiger partial charge >= 0.3 is 0 Å². The fourth-order valence-electron chi connectivity index (χ4n) is 5.09. The number of aryl methyl sites for hydroxylation is 1. The molecule has 3 aromatic rings. The maximum atomic E-state index is 13.8. The Balaban J connectivity index is 1.65. The van der Waals surface area contributed by atoms with Crippen LogP contribution in [-0.4, -0.2) is 46.5 Å². The van der Waals surface area contributed by atoms with Crippen LogP contribution in [0.4, 0.5) is 4.39 Å². The summed E-state index contributed by atoms with van der Waals surface area (Å²) in [5.74, 6) is -0.114. The van der Waals surface area contributed by atoms with E-state index in [1.165, 1.54) is 12.1 Å². The molecule has 180 valence electrons. The first-order valence-electron chi connectivity index (χ1n) is 12.3. The third-order valence-corrected chi connectivity index (χ3v) is 6.88. The van der Waals surface area contributed by atoms with Crippen LogP contribution in [0.15, 0.2) is 53.3 Å². The molecule has 1 aliphatic rings. The molecule has 1 saturated heterocycles. The summed E-state index contributed by atoms with van der Waals surface area (Å²) in [7, 11) is 0. The largest absolute Gasteiger partial charge is 0.343 e. The molecular weight excluding hydrogens is 429 g/mol. The molecule has 0 radical (unpaired) electrons. The molecule has 2 heterocycles. The number of rotatable bonds is 7. The van der Waals surface area contributed by atoms with E-state index in [0.29, 0.717) is 25.2 Å². The van der Waals surface area contributed by atoms with Gasteiger partial charge in [-0.25, -0.2) is 4.39 Å². The smallest absolute Gasteiger partial charge is 0.255 e. The van der Waals surface area contributed by atoms with Crippen LogP contribution in [0.1, 0.15) is 43.4 Å². The van der Waals surface area contributed by atoms with Crippen molar-refractivity contribution >= 4 is 16.8 Å². The van der Waals surface area contributed by atoms with Gasteiger partial charge in [0.05, 0.1) is 18.0 Å². The van der Waals surface area contributed by atoms with Gasteiger partial charge in [0.2, 0.25) is 5.91 Å². The Morgan fingerprint density at radius 3 is 2.62 bits per heavy atom. The first-order valence-corrected chi connectivity index (χ1v) is 12.3. The van der Waals surface area contributed by atoms with E-state index >= 15 is 0 Å². The minimum atomic E-state index is -0.306. The Labute approximate surface area is 200 Å². The number of carbonyl (C=O) groups excluding carboxylic acids is 1. The van der Waals surface area contributed by atoms with Crippen LogP contribution < -0.4 is 5.56 Å². The number of benzene rings is 2. The Morgan fingerprint density at radius 1 is 1.09 bits per heavy atom. The number of nitrogens with zero attached hydrogens (tertiary/aromatic N) is 3. The molecule has 34 heavy (non-hydrogen) atoms. The van der Waals surface area contributed by atoms with Crippen molar-refractivity contribution in [1.82, 2.24) is 14.4 Å². The van der Waals surface area contributed by atoms with Gasteiger partial charge in [-0.2, -0.15) is 0 Å². The molecule has 0 unspecified atom stereocenters. The second-order valence-electron chi connectivity index (χ2n) is 9.34. The lowest BCUT2D eigenvalue weighted by Crippen LogP contribution is -2.45. The van der Waals surface area contributed by atoms with Gasteiger partial charge < -0.3 is 9.47 Å². The summed E-state index contributed by atoms with van der Waals surface area (Å²) in [5, 5.41) is 0.999. The van der Waals surface area contributed by atoms with Crippen molar-refractivity contribution in [3.63, 3.8) is 0 Å². The molecule has 1 amide bonds. The maximum Gasteiger partial charge on any atom is 0.255 e. The summed E-state index contributed by atoms with van der Waals surface area (Å²) in [5.41, 5.74) is 3.38. The molecule has 0 saturated carbocycles. The fraction of sp³-hybridized carbons (Fsp3) is 0.429. The van der Waals surface area contributed by atoms with Crippen molar-refractivity contribution < 1.29 is 9.18 Å². The molecule has 0 spiro atoms. The van der Waals surface area contributed by atoms with E-state index in [2.05, 4.69) is 11.0 Å². The third kappa shape index (κ3) is 5.22. The fourth-order valence-corrected chi connectivity index (χ4v) is 5.09. The second-order valence-corrected chi connectivity index (χ2v) is 9.34. The van der Waals surface area contributed by atoms with E-state index in [4.69, 9.17) is 0 Å². The summed E-state index contributed by atoms with van der Waals surface area (Å²) >= 11 is 0. The Morgan fingerprint density at radius 2 is 1.88 bits per heavy atom. The minimum Gasteiger partial charge on any atom is -0.343 e. The maximum absolute atomic E-state index is 13.8. The summed E-state index contributed by atoms with van der Waals surface area (Å²) in [4.78, 5) is 30.7. The van der Waals surface area contributed by atoms with Gasteiger partial charge in [-0.1, -0.05) is 23.8 Å². The first kappa shape index (κ1) is 24.1. The number of fused-ring (bicyclic) bond motifs is 1. The molecule has 2 aromatic carbocycles. The third-order valence-electron chi connectivity index (χ3n) is 6.88. The lowest BCUT2D eigenvalue weighted by molar-refractivity contribution is -0.137. The number of carbonyl (C=O) groups is 1. The average Bonchev–Trinajstić information content (AvgIpc) is 2.82. The Kier molecular flexibility index (Phi) is 7.47. The van der Waals surface area contributed by atoms with E-state index in [1.54, 1.807) is 10.6 Å². The number of hydrogen-bond donors (Lipinski definition) is 0. The van der Waals surface area contributed by atoms with E-state index in [9.17, 15) is 14.0 Å². The highest BCUT2D eigenvalue weighted by Gasteiger charge is 2.28. The zero-order valence-corrected chi connectivity index (χ0v) is 20.4. The van der Waals surface area contributed by atoms with Crippen molar-refractivity contribution in [2.75, 3.05) is 26.2 Å². The SMILES string of the molecule is CCN(CC)C(=O)[C@@H]1CCCN(Cc2cc3cc(C)ccc3n(Cc3cccc(F)c3)c2=O)C1. The van der Waals surface area contributed by atoms with Gasteiger partial charge in [0.1, 0.15) is 5.82 Å². The van der Waals surface area contributed by atoms with Crippen molar-refractivity contribution in [2.45, 2.75) is 46.7 Å². The molecule has 1 atom stereocenters. The van der Waals surface area contributed by atoms with Crippen LogP contribution in [-0.2, 0) is 17.9 Å². The predicted molar refractivity (Wildman–Crippen MR) is 134 cm³/mol. The number of pyridine rings is 1. The average molecular weight is 464 g/mol. The minimum absolute atomic E-state index is 0.0223. The molecule has 1 aliphatic heterocycles. The molecule has 1 fully saturated rings. The number of likely N-dealkylation sites (tertiary alicyclic amines) is 1. The van der Waals surface area contributed by atoms with Crippen molar-refractivity contribution in [3.8, 4) is 0 Å². The van der Waals surface area contributed by atoms with Crippen molar-refractivity contribution in [3.05, 3.63) is 81.4 Å². The molecule has 6 heteroatoms. The number of hydrogen-bond acceptors (Lipinski definition) is 3. The van der Waals surface area contributed by atoms with Crippen LogP contribution in [0.2, 0.25) is 0 Å². The summed E-state index contributed by atoms with van der Waals surface area (Å²) in [6, 6.07) is 14.4. The number of aromatic nitrogens is 1. The summed E-state index contributed by atoms with van der Waals surface area (Å²) in [6.45, 7) is 9.87. The van der Waals surface area contributed by atoms with Crippen LogP contribution in [0.5, 0.6) is 0 Å². The summed E-state index contributed by atoms with van der Waals surface area (Å²) < 4.78 is 15.6. The van der Waals surface area contributed by atoms with Gasteiger partial charge in [-0.15, -0.1) is 0 Å². The zero-order valence-electron chi connectivity index (χ0n) is 20.4. The van der Waals surface area contributed by atoms with Crippen molar-refractivity contribution in [1.29, 1.82) is 0 Å². The van der Waals surface area contributed by atoms with E-state index < -0.39 is 0 Å². The predicted octanol–water partition coefficient (Wildman–Crippen LogP) is 4.58. The van der Waals surface area contributed by atoms with Crippen molar-refractivity contribution in [2.24, 2.45) is 5.92 Å². The Hall–Kier alpha value is -2.99. The molecule has 0 N–H and O–H groups in total. The monoisotopic (exact) mass is 463 g/mol.